The number of nitrogens with zero attached hydrogens (tertiary/aromatic N) is 4. The summed E-state index contributed by atoms with van der Waals surface area (Å²) in [5.74, 6) is -1.71. The summed E-state index contributed by atoms with van der Waals surface area (Å²) in [5.41, 5.74) is 10.6. The molecule has 3 N–H and O–H groups in total. The highest BCUT2D eigenvalue weighted by Gasteiger charge is 2.39. The van der Waals surface area contributed by atoms with Crippen molar-refractivity contribution in [3.05, 3.63) is 220 Å². The molecule has 1 aliphatic rings. The number of nitrogens with one attached hydrogen (secondary N) is 1. The molecule has 0 saturated carbocycles. The molecule has 10 heteroatoms. The number of para-hydroxylation sites is 1. The number of carbonyl (C=O) groups excluding carboxylic acids is 2. The molecule has 1 aromatic heterocycles. The monoisotopic (exact) mass is 744 g/mol. The Morgan fingerprint density at radius 1 is 0.764 bits per heavy atom. The van der Waals surface area contributed by atoms with E-state index in [1.807, 2.05) is 60.8 Å². The molecule has 0 saturated heterocycles. The van der Waals surface area contributed by atoms with Gasteiger partial charge >= 0.3 is 0 Å². The van der Waals surface area contributed by atoms with Gasteiger partial charge in [0.1, 0.15) is 11.4 Å². The van der Waals surface area contributed by atoms with Crippen molar-refractivity contribution in [3.63, 3.8) is 0 Å². The maximum atomic E-state index is 15.5. The van der Waals surface area contributed by atoms with Crippen molar-refractivity contribution >= 4 is 40.5 Å². The lowest BCUT2D eigenvalue weighted by molar-refractivity contribution is -0.120. The van der Waals surface area contributed by atoms with E-state index in [1.165, 1.54) is 29.2 Å². The molecular formula is C45H34ClFN6O2. The molecule has 0 fully saturated rings. The maximum absolute atomic E-state index is 15.5. The van der Waals surface area contributed by atoms with E-state index in [9.17, 15) is 9.59 Å². The number of hydrogen-bond acceptors (Lipinski definition) is 5. The zero-order valence-electron chi connectivity index (χ0n) is 29.4. The Morgan fingerprint density at radius 3 is 1.93 bits per heavy atom. The molecule has 0 radical (unpaired) electrons. The number of carbonyl (C=O) groups is 2. The van der Waals surface area contributed by atoms with E-state index in [4.69, 9.17) is 27.3 Å². The van der Waals surface area contributed by atoms with Gasteiger partial charge in [0.25, 0.3) is 11.8 Å². The lowest BCUT2D eigenvalue weighted by Gasteiger charge is -2.37. The first kappa shape index (κ1) is 35.2. The SMILES string of the molecule is Nc1cc(Cl)ccc1C(=O)NC1N=C(c2ccccc2F)c2ccccc2N(Cc2cn(C(c3ccccc3)(c3ccccc3)c3ccccc3)cn2)C1=O. The molecule has 8 nitrogen and oxygen atoms in total. The summed E-state index contributed by atoms with van der Waals surface area (Å²) in [6.07, 6.45) is 2.26. The Kier molecular flexibility index (Phi) is 9.53. The first-order chi connectivity index (χ1) is 26.8. The summed E-state index contributed by atoms with van der Waals surface area (Å²) < 4.78 is 17.6. The average molecular weight is 745 g/mol. The molecule has 1 unspecified atom stereocenters. The van der Waals surface area contributed by atoms with Crippen molar-refractivity contribution in [2.45, 2.75) is 18.2 Å². The molecule has 55 heavy (non-hydrogen) atoms. The smallest absolute Gasteiger partial charge is 0.272 e. The zero-order chi connectivity index (χ0) is 37.9. The van der Waals surface area contributed by atoms with Gasteiger partial charge in [-0.15, -0.1) is 0 Å². The van der Waals surface area contributed by atoms with Crippen LogP contribution in [0.1, 0.15) is 43.9 Å². The third-order valence-electron chi connectivity index (χ3n) is 9.78. The quantitative estimate of drug-likeness (QED) is 0.115. The van der Waals surface area contributed by atoms with Crippen molar-refractivity contribution in [3.8, 4) is 0 Å². The predicted molar refractivity (Wildman–Crippen MR) is 214 cm³/mol. The molecule has 1 aliphatic heterocycles. The number of halogens is 2. The largest absolute Gasteiger partial charge is 0.398 e. The molecule has 8 rings (SSSR count). The number of rotatable bonds is 9. The van der Waals surface area contributed by atoms with Gasteiger partial charge in [-0.25, -0.2) is 14.4 Å². The fraction of sp³-hybridized carbons (Fsp3) is 0.0667. The fourth-order valence-electron chi connectivity index (χ4n) is 7.27. The number of anilines is 2. The van der Waals surface area contributed by atoms with Crippen molar-refractivity contribution in [1.82, 2.24) is 14.9 Å². The Labute approximate surface area is 322 Å². The second-order valence-corrected chi connectivity index (χ2v) is 13.5. The Hall–Kier alpha value is -6.84. The second-order valence-electron chi connectivity index (χ2n) is 13.1. The van der Waals surface area contributed by atoms with Gasteiger partial charge < -0.3 is 20.5 Å². The Morgan fingerprint density at radius 2 is 1.33 bits per heavy atom. The topological polar surface area (TPSA) is 106 Å². The minimum absolute atomic E-state index is 0.00677. The number of aliphatic imine (C=N–C) groups is 1. The Balaban J connectivity index is 1.25. The highest BCUT2D eigenvalue weighted by Crippen LogP contribution is 2.41. The molecule has 1 atom stereocenters. The molecule has 0 aliphatic carbocycles. The van der Waals surface area contributed by atoms with Crippen LogP contribution in [0.15, 0.2) is 175 Å². The molecular weight excluding hydrogens is 711 g/mol. The summed E-state index contributed by atoms with van der Waals surface area (Å²) in [6.45, 7) is 0.00677. The van der Waals surface area contributed by atoms with Crippen LogP contribution >= 0.6 is 11.6 Å². The molecule has 6 aromatic carbocycles. The number of nitrogens with two attached hydrogens (primary N) is 1. The van der Waals surface area contributed by atoms with E-state index in [2.05, 4.69) is 46.3 Å². The first-order valence-electron chi connectivity index (χ1n) is 17.6. The van der Waals surface area contributed by atoms with Crippen LogP contribution in [-0.4, -0.2) is 33.2 Å². The summed E-state index contributed by atoms with van der Waals surface area (Å²) >= 11 is 6.10. The second kappa shape index (κ2) is 14.9. The number of benzene rings is 6. The fourth-order valence-corrected chi connectivity index (χ4v) is 7.45. The number of hydrogen-bond donors (Lipinski definition) is 2. The molecule has 2 amide bonds. The number of aromatic nitrogens is 2. The highest BCUT2D eigenvalue weighted by atomic mass is 35.5. The third kappa shape index (κ3) is 6.55. The van der Waals surface area contributed by atoms with Crippen LogP contribution in [-0.2, 0) is 16.9 Å². The van der Waals surface area contributed by atoms with E-state index < -0.39 is 29.3 Å². The summed E-state index contributed by atoms with van der Waals surface area (Å²) in [4.78, 5) is 39.7. The number of benzodiazepines with no additional fused rings is 1. The van der Waals surface area contributed by atoms with Crippen LogP contribution < -0.4 is 16.0 Å². The van der Waals surface area contributed by atoms with Crippen molar-refractivity contribution in [2.75, 3.05) is 10.6 Å². The van der Waals surface area contributed by atoms with Crippen LogP contribution in [0, 0.1) is 5.82 Å². The maximum Gasteiger partial charge on any atom is 0.272 e. The molecule has 2 heterocycles. The predicted octanol–water partition coefficient (Wildman–Crippen LogP) is 8.24. The summed E-state index contributed by atoms with van der Waals surface area (Å²) in [5, 5.41) is 3.12. The number of fused-ring (bicyclic) bond motifs is 1. The van der Waals surface area contributed by atoms with Gasteiger partial charge in [-0.05, 0) is 53.1 Å². The first-order valence-corrected chi connectivity index (χ1v) is 18.0. The summed E-state index contributed by atoms with van der Waals surface area (Å²) in [6, 6.07) is 48.4. The number of imidazole rings is 1. The molecule has 0 bridgehead atoms. The normalized spacial score (nSPS) is 14.1. The highest BCUT2D eigenvalue weighted by molar-refractivity contribution is 6.31. The van der Waals surface area contributed by atoms with Crippen LogP contribution in [0.5, 0.6) is 0 Å². The van der Waals surface area contributed by atoms with Gasteiger partial charge in [0.15, 0.2) is 0 Å². The number of nitrogen functional groups attached to an aromatic ring is 1. The van der Waals surface area contributed by atoms with E-state index in [1.54, 1.807) is 48.8 Å². The Bertz CT molecular complexity index is 2450. The lowest BCUT2D eigenvalue weighted by atomic mass is 9.77. The van der Waals surface area contributed by atoms with Gasteiger partial charge in [-0.3, -0.25) is 9.59 Å². The van der Waals surface area contributed by atoms with E-state index in [-0.39, 0.29) is 29.1 Å². The zero-order valence-corrected chi connectivity index (χ0v) is 30.1. The van der Waals surface area contributed by atoms with Crippen LogP contribution in [0.2, 0.25) is 5.02 Å². The number of amides is 2. The van der Waals surface area contributed by atoms with Crippen molar-refractivity contribution < 1.29 is 14.0 Å². The van der Waals surface area contributed by atoms with Gasteiger partial charge in [-0.1, -0.05) is 133 Å². The van der Waals surface area contributed by atoms with Gasteiger partial charge in [0.05, 0.1) is 35.5 Å². The van der Waals surface area contributed by atoms with Crippen molar-refractivity contribution in [1.29, 1.82) is 0 Å². The van der Waals surface area contributed by atoms with Gasteiger partial charge in [0, 0.05) is 28.0 Å². The average Bonchev–Trinajstić information content (AvgIpc) is 3.65. The molecule has 0 spiro atoms. The van der Waals surface area contributed by atoms with Crippen molar-refractivity contribution in [2.24, 2.45) is 4.99 Å². The molecule has 7 aromatic rings. The minimum atomic E-state index is -1.45. The van der Waals surface area contributed by atoms with Crippen LogP contribution in [0.4, 0.5) is 15.8 Å². The van der Waals surface area contributed by atoms with E-state index >= 15 is 4.39 Å². The summed E-state index contributed by atoms with van der Waals surface area (Å²) in [7, 11) is 0. The lowest BCUT2D eigenvalue weighted by Crippen LogP contribution is -2.47. The van der Waals surface area contributed by atoms with Crippen LogP contribution in [0.3, 0.4) is 0 Å². The third-order valence-corrected chi connectivity index (χ3v) is 10.0. The van der Waals surface area contributed by atoms with E-state index in [0.717, 1.165) is 16.7 Å². The molecule has 270 valence electrons. The van der Waals surface area contributed by atoms with Gasteiger partial charge in [-0.2, -0.15) is 0 Å². The standard InChI is InChI=1S/C45H34ClFN6O2/c46-33-24-25-36(39(48)26-33)43(54)51-42-44(55)53(40-23-13-11-21-37(40)41(50-42)35-20-10-12-22-38(35)47)28-34-27-52(29-49-34)45(30-14-4-1-5-15-30,31-16-6-2-7-17-31)32-18-8-3-9-19-32/h1-27,29,42H,28,48H2,(H,51,54). The van der Waals surface area contributed by atoms with E-state index in [0.29, 0.717) is 22.0 Å². The minimum Gasteiger partial charge on any atom is -0.398 e. The van der Waals surface area contributed by atoms with Gasteiger partial charge in [0.2, 0.25) is 6.17 Å². The van der Waals surface area contributed by atoms with Crippen LogP contribution in [0.25, 0.3) is 0 Å².